The van der Waals surface area contributed by atoms with Crippen LogP contribution in [0.2, 0.25) is 0 Å². The number of esters is 2. The fraction of sp³-hybridized carbons (Fsp3) is 0.745. The molecule has 0 bridgehead atoms. The third kappa shape index (κ3) is 48.0. The van der Waals surface area contributed by atoms with E-state index in [1.807, 2.05) is 0 Å². The summed E-state index contributed by atoms with van der Waals surface area (Å²) in [5.41, 5.74) is 0. The van der Waals surface area contributed by atoms with Crippen LogP contribution in [-0.4, -0.2) is 37.9 Å². The monoisotopic (exact) mass is 837 g/mol. The van der Waals surface area contributed by atoms with E-state index in [1.54, 1.807) is 0 Å². The fourth-order valence-electron chi connectivity index (χ4n) is 6.85. The molecule has 60 heavy (non-hydrogen) atoms. The third-order valence-electron chi connectivity index (χ3n) is 10.6. The standard InChI is InChI=1S/C55H96O5/c1-4-7-10-13-16-19-22-25-26-27-28-29-32-35-38-41-44-47-50-58-51-53(60-55(57)49-46-43-40-37-34-31-24-21-18-15-12-9-6-3)52-59-54(56)48-45-42-39-36-33-30-23-20-17-14-11-8-5-2/h11-12,14-16,19-21,23-26,53H,4-10,13,17-18,22,27-52H2,1-3H3/b14-11-,15-12-,19-16-,23-20-,24-21-,26-25-. The first-order chi connectivity index (χ1) is 29.6. The second-order valence-corrected chi connectivity index (χ2v) is 16.7. The van der Waals surface area contributed by atoms with E-state index in [-0.39, 0.29) is 25.2 Å². The smallest absolute Gasteiger partial charge is 0.306 e. The Labute approximate surface area is 372 Å². The molecule has 0 saturated heterocycles. The second kappa shape index (κ2) is 50.7. The first kappa shape index (κ1) is 57.3. The summed E-state index contributed by atoms with van der Waals surface area (Å²) in [6, 6.07) is 0. The molecular weight excluding hydrogens is 741 g/mol. The molecule has 0 aromatic rings. The zero-order chi connectivity index (χ0) is 43.5. The second-order valence-electron chi connectivity index (χ2n) is 16.7. The summed E-state index contributed by atoms with van der Waals surface area (Å²) in [6.45, 7) is 7.64. The third-order valence-corrected chi connectivity index (χ3v) is 10.6. The van der Waals surface area contributed by atoms with Gasteiger partial charge in [-0.25, -0.2) is 0 Å². The van der Waals surface area contributed by atoms with Crippen LogP contribution in [0.15, 0.2) is 72.9 Å². The molecule has 0 aliphatic heterocycles. The fourth-order valence-corrected chi connectivity index (χ4v) is 6.85. The quantitative estimate of drug-likeness (QED) is 0.0347. The molecule has 0 aliphatic carbocycles. The van der Waals surface area contributed by atoms with E-state index in [4.69, 9.17) is 14.2 Å². The van der Waals surface area contributed by atoms with Gasteiger partial charge in [0.05, 0.1) is 6.61 Å². The number of hydrogen-bond acceptors (Lipinski definition) is 5. The van der Waals surface area contributed by atoms with Crippen LogP contribution in [0.4, 0.5) is 0 Å². The highest BCUT2D eigenvalue weighted by Crippen LogP contribution is 2.13. The van der Waals surface area contributed by atoms with Crippen molar-refractivity contribution >= 4 is 11.9 Å². The van der Waals surface area contributed by atoms with Crippen LogP contribution >= 0.6 is 0 Å². The zero-order valence-corrected chi connectivity index (χ0v) is 39.7. The van der Waals surface area contributed by atoms with Gasteiger partial charge in [-0.05, 0) is 103 Å². The average molecular weight is 837 g/mol. The van der Waals surface area contributed by atoms with E-state index in [2.05, 4.69) is 93.7 Å². The van der Waals surface area contributed by atoms with Gasteiger partial charge in [0, 0.05) is 19.4 Å². The minimum Gasteiger partial charge on any atom is -0.462 e. The molecule has 0 amide bonds. The maximum absolute atomic E-state index is 12.8. The highest BCUT2D eigenvalue weighted by Gasteiger charge is 2.17. The lowest BCUT2D eigenvalue weighted by molar-refractivity contribution is -0.163. The van der Waals surface area contributed by atoms with Crippen molar-refractivity contribution in [1.29, 1.82) is 0 Å². The lowest BCUT2D eigenvalue weighted by Crippen LogP contribution is -2.30. The predicted molar refractivity (Wildman–Crippen MR) is 260 cm³/mol. The molecule has 5 nitrogen and oxygen atoms in total. The van der Waals surface area contributed by atoms with Crippen molar-refractivity contribution in [3.05, 3.63) is 72.9 Å². The van der Waals surface area contributed by atoms with Crippen molar-refractivity contribution in [3.8, 4) is 0 Å². The molecule has 0 fully saturated rings. The van der Waals surface area contributed by atoms with Gasteiger partial charge < -0.3 is 14.2 Å². The lowest BCUT2D eigenvalue weighted by Gasteiger charge is -2.18. The molecule has 0 heterocycles. The Morgan fingerprint density at radius 1 is 0.367 bits per heavy atom. The molecule has 1 atom stereocenters. The Morgan fingerprint density at radius 3 is 1.17 bits per heavy atom. The van der Waals surface area contributed by atoms with E-state index < -0.39 is 6.10 Å². The minimum atomic E-state index is -0.554. The summed E-state index contributed by atoms with van der Waals surface area (Å²) < 4.78 is 17.4. The number of hydrogen-bond donors (Lipinski definition) is 0. The van der Waals surface area contributed by atoms with E-state index in [1.165, 1.54) is 116 Å². The average Bonchev–Trinajstić information content (AvgIpc) is 3.25. The Bertz CT molecular complexity index is 1080. The highest BCUT2D eigenvalue weighted by molar-refractivity contribution is 5.70. The van der Waals surface area contributed by atoms with E-state index in [0.29, 0.717) is 19.4 Å². The molecule has 0 N–H and O–H groups in total. The van der Waals surface area contributed by atoms with E-state index in [9.17, 15) is 9.59 Å². The number of unbranched alkanes of at least 4 members (excludes halogenated alkanes) is 23. The van der Waals surface area contributed by atoms with Crippen molar-refractivity contribution in [2.75, 3.05) is 19.8 Å². The molecule has 346 valence electrons. The van der Waals surface area contributed by atoms with Crippen LogP contribution in [0.25, 0.3) is 0 Å². The zero-order valence-electron chi connectivity index (χ0n) is 39.7. The molecule has 0 spiro atoms. The summed E-state index contributed by atoms with van der Waals surface area (Å²) >= 11 is 0. The van der Waals surface area contributed by atoms with Gasteiger partial charge in [-0.1, -0.05) is 196 Å². The first-order valence-electron chi connectivity index (χ1n) is 25.5. The summed E-state index contributed by atoms with van der Waals surface area (Å²) in [7, 11) is 0. The topological polar surface area (TPSA) is 61.8 Å². The van der Waals surface area contributed by atoms with Crippen molar-refractivity contribution in [1.82, 2.24) is 0 Å². The maximum atomic E-state index is 12.8. The maximum Gasteiger partial charge on any atom is 0.306 e. The van der Waals surface area contributed by atoms with Crippen LogP contribution in [0.5, 0.6) is 0 Å². The summed E-state index contributed by atoms with van der Waals surface area (Å²) in [5.74, 6) is -0.432. The number of carbonyl (C=O) groups excluding carboxylic acids is 2. The van der Waals surface area contributed by atoms with Gasteiger partial charge in [-0.3, -0.25) is 9.59 Å². The summed E-state index contributed by atoms with van der Waals surface area (Å²) in [6.07, 6.45) is 64.7. The number of allylic oxidation sites excluding steroid dienone is 12. The van der Waals surface area contributed by atoms with Crippen molar-refractivity contribution in [2.45, 2.75) is 245 Å². The highest BCUT2D eigenvalue weighted by atomic mass is 16.6. The Kier molecular flexibility index (Phi) is 48.4. The van der Waals surface area contributed by atoms with Crippen LogP contribution in [0.3, 0.4) is 0 Å². The molecular formula is C55H96O5. The first-order valence-corrected chi connectivity index (χ1v) is 25.5. The van der Waals surface area contributed by atoms with Crippen LogP contribution in [0.1, 0.15) is 239 Å². The molecule has 0 aromatic carbocycles. The summed E-state index contributed by atoms with van der Waals surface area (Å²) in [5, 5.41) is 0. The molecule has 5 heteroatoms. The SMILES string of the molecule is CCC/C=C\C/C=C\CCCCCCCC(=O)OCC(COCCCCCCCCCC/C=C\C/C=C\CCCCC)OC(=O)CCCCCCC/C=C\C/C=C\CCC. The normalized spacial score (nSPS) is 12.8. The van der Waals surface area contributed by atoms with Crippen molar-refractivity contribution in [3.63, 3.8) is 0 Å². The Morgan fingerprint density at radius 2 is 0.733 bits per heavy atom. The van der Waals surface area contributed by atoms with Gasteiger partial charge in [-0.2, -0.15) is 0 Å². The van der Waals surface area contributed by atoms with Crippen LogP contribution in [-0.2, 0) is 23.8 Å². The van der Waals surface area contributed by atoms with Crippen LogP contribution in [0, 0.1) is 0 Å². The van der Waals surface area contributed by atoms with Crippen molar-refractivity contribution < 1.29 is 23.8 Å². The molecule has 1 unspecified atom stereocenters. The van der Waals surface area contributed by atoms with Gasteiger partial charge in [0.2, 0.25) is 0 Å². The molecule has 0 saturated carbocycles. The number of ether oxygens (including phenoxy) is 3. The van der Waals surface area contributed by atoms with Crippen LogP contribution < -0.4 is 0 Å². The number of carbonyl (C=O) groups is 2. The van der Waals surface area contributed by atoms with E-state index in [0.717, 1.165) is 89.9 Å². The van der Waals surface area contributed by atoms with Crippen molar-refractivity contribution in [2.24, 2.45) is 0 Å². The summed E-state index contributed by atoms with van der Waals surface area (Å²) in [4.78, 5) is 25.3. The van der Waals surface area contributed by atoms with E-state index >= 15 is 0 Å². The van der Waals surface area contributed by atoms with Gasteiger partial charge in [0.15, 0.2) is 6.10 Å². The minimum absolute atomic E-state index is 0.0679. The Hall–Kier alpha value is -2.66. The lowest BCUT2D eigenvalue weighted by atomic mass is 10.1. The molecule has 0 aliphatic rings. The Balaban J connectivity index is 4.29. The molecule has 0 rings (SSSR count). The van der Waals surface area contributed by atoms with Gasteiger partial charge >= 0.3 is 11.9 Å². The van der Waals surface area contributed by atoms with Gasteiger partial charge in [-0.15, -0.1) is 0 Å². The largest absolute Gasteiger partial charge is 0.462 e. The molecule has 0 aromatic heterocycles. The van der Waals surface area contributed by atoms with Gasteiger partial charge in [0.25, 0.3) is 0 Å². The number of rotatable bonds is 46. The predicted octanol–water partition coefficient (Wildman–Crippen LogP) is 17.1. The molecule has 0 radical (unpaired) electrons. The van der Waals surface area contributed by atoms with Gasteiger partial charge in [0.1, 0.15) is 6.61 Å².